The van der Waals surface area contributed by atoms with E-state index in [9.17, 15) is 4.79 Å². The molecule has 2 N–H and O–H groups in total. The third-order valence-electron chi connectivity index (χ3n) is 5.82. The number of rotatable bonds is 5. The molecule has 2 heterocycles. The van der Waals surface area contributed by atoms with Crippen molar-refractivity contribution in [2.45, 2.75) is 44.6 Å². The minimum Gasteiger partial charge on any atom is -0.339 e. The number of hydrogen-bond acceptors (Lipinski definition) is 3. The summed E-state index contributed by atoms with van der Waals surface area (Å²) in [5.41, 5.74) is 7.37. The molecule has 1 unspecified atom stereocenters. The molecule has 3 atom stereocenters. The van der Waals surface area contributed by atoms with E-state index >= 15 is 0 Å². The summed E-state index contributed by atoms with van der Waals surface area (Å²) in [4.78, 5) is 17.3. The van der Waals surface area contributed by atoms with Gasteiger partial charge in [0.05, 0.1) is 6.54 Å². The van der Waals surface area contributed by atoms with E-state index in [2.05, 4.69) is 47.1 Å². The van der Waals surface area contributed by atoms with Crippen LogP contribution in [-0.4, -0.2) is 54.5 Å². The normalized spacial score (nSPS) is 28.2. The molecule has 3 rings (SSSR count). The first-order valence-electron chi connectivity index (χ1n) is 9.49. The Morgan fingerprint density at radius 1 is 1.21 bits per heavy atom. The number of carbonyl (C=O) groups is 1. The van der Waals surface area contributed by atoms with Crippen LogP contribution in [0.15, 0.2) is 30.3 Å². The van der Waals surface area contributed by atoms with Gasteiger partial charge in [-0.1, -0.05) is 37.3 Å². The average molecular weight is 329 g/mol. The lowest BCUT2D eigenvalue weighted by atomic mass is 9.89. The Labute approximate surface area is 146 Å². The van der Waals surface area contributed by atoms with Crippen molar-refractivity contribution >= 4 is 5.91 Å². The molecule has 1 amide bonds. The molecule has 0 aliphatic carbocycles. The third-order valence-corrected chi connectivity index (χ3v) is 5.82. The highest BCUT2D eigenvalue weighted by atomic mass is 16.2. The van der Waals surface area contributed by atoms with Crippen molar-refractivity contribution < 1.29 is 4.79 Å². The maximum atomic E-state index is 12.8. The van der Waals surface area contributed by atoms with Gasteiger partial charge in [0.15, 0.2) is 0 Å². The summed E-state index contributed by atoms with van der Waals surface area (Å²) in [5, 5.41) is 0. The van der Waals surface area contributed by atoms with Crippen LogP contribution in [-0.2, 0) is 4.79 Å². The molecule has 2 saturated heterocycles. The largest absolute Gasteiger partial charge is 0.339 e. The Bertz CT molecular complexity index is 533. The summed E-state index contributed by atoms with van der Waals surface area (Å²) in [6.07, 6.45) is 4.65. The van der Waals surface area contributed by atoms with Crippen LogP contribution in [0.1, 0.15) is 44.1 Å². The summed E-state index contributed by atoms with van der Waals surface area (Å²) in [6.45, 7) is 6.26. The van der Waals surface area contributed by atoms with Crippen LogP contribution in [0.2, 0.25) is 0 Å². The van der Waals surface area contributed by atoms with Crippen LogP contribution in [0.25, 0.3) is 0 Å². The van der Waals surface area contributed by atoms with E-state index in [0.717, 1.165) is 32.5 Å². The van der Waals surface area contributed by atoms with Crippen molar-refractivity contribution in [2.24, 2.45) is 11.7 Å². The minimum absolute atomic E-state index is 0.311. The maximum absolute atomic E-state index is 12.8. The molecule has 2 aliphatic heterocycles. The fourth-order valence-corrected chi connectivity index (χ4v) is 4.44. The summed E-state index contributed by atoms with van der Waals surface area (Å²) in [5.74, 6) is 1.21. The maximum Gasteiger partial charge on any atom is 0.236 e. The molecule has 0 aromatic heterocycles. The summed E-state index contributed by atoms with van der Waals surface area (Å²) >= 11 is 0. The van der Waals surface area contributed by atoms with Gasteiger partial charge in [-0.25, -0.2) is 0 Å². The standard InChI is InChI=1S/C20H31N3O/c1-2-18-10-6-7-11-23(18)20(24)15-22-13-17(12-21)19(14-22)16-8-4-3-5-9-16/h3-5,8-9,17-19H,2,6-7,10-15,21H2,1H3/t17-,18?,19+/m1/s1. The third kappa shape index (κ3) is 3.81. The van der Waals surface area contributed by atoms with Gasteiger partial charge >= 0.3 is 0 Å². The van der Waals surface area contributed by atoms with Crippen LogP contribution in [0.3, 0.4) is 0 Å². The molecule has 0 radical (unpaired) electrons. The van der Waals surface area contributed by atoms with Crippen molar-refractivity contribution in [3.05, 3.63) is 35.9 Å². The molecule has 132 valence electrons. The fraction of sp³-hybridized carbons (Fsp3) is 0.650. The number of benzene rings is 1. The monoisotopic (exact) mass is 329 g/mol. The lowest BCUT2D eigenvalue weighted by molar-refractivity contribution is -0.136. The smallest absolute Gasteiger partial charge is 0.236 e. The van der Waals surface area contributed by atoms with Crippen molar-refractivity contribution in [1.29, 1.82) is 0 Å². The fourth-order valence-electron chi connectivity index (χ4n) is 4.44. The zero-order valence-electron chi connectivity index (χ0n) is 14.9. The van der Waals surface area contributed by atoms with Crippen LogP contribution in [0.4, 0.5) is 0 Å². The quantitative estimate of drug-likeness (QED) is 0.903. The van der Waals surface area contributed by atoms with Crippen LogP contribution in [0, 0.1) is 5.92 Å². The number of nitrogens with two attached hydrogens (primary N) is 1. The van der Waals surface area contributed by atoms with Gasteiger partial charge < -0.3 is 10.6 Å². The average Bonchev–Trinajstić information content (AvgIpc) is 3.05. The van der Waals surface area contributed by atoms with Crippen LogP contribution < -0.4 is 5.73 Å². The van der Waals surface area contributed by atoms with E-state index in [4.69, 9.17) is 5.73 Å². The zero-order chi connectivity index (χ0) is 16.9. The van der Waals surface area contributed by atoms with Crippen molar-refractivity contribution in [2.75, 3.05) is 32.7 Å². The molecule has 4 heteroatoms. The summed E-state index contributed by atoms with van der Waals surface area (Å²) < 4.78 is 0. The number of piperidine rings is 1. The highest BCUT2D eigenvalue weighted by Crippen LogP contribution is 2.32. The van der Waals surface area contributed by atoms with E-state index in [1.54, 1.807) is 0 Å². The van der Waals surface area contributed by atoms with Gasteiger partial charge in [0.25, 0.3) is 0 Å². The molecule has 0 bridgehead atoms. The number of nitrogens with zero attached hydrogens (tertiary/aromatic N) is 2. The van der Waals surface area contributed by atoms with Gasteiger partial charge in [-0.15, -0.1) is 0 Å². The van der Waals surface area contributed by atoms with E-state index in [1.807, 2.05) is 0 Å². The first kappa shape index (κ1) is 17.4. The van der Waals surface area contributed by atoms with Gasteiger partial charge in [0.1, 0.15) is 0 Å². The van der Waals surface area contributed by atoms with Gasteiger partial charge in [-0.2, -0.15) is 0 Å². The first-order chi connectivity index (χ1) is 11.7. The topological polar surface area (TPSA) is 49.6 Å². The molecule has 0 spiro atoms. The summed E-state index contributed by atoms with van der Waals surface area (Å²) in [7, 11) is 0. The Hall–Kier alpha value is -1.39. The number of carbonyl (C=O) groups excluding carboxylic acids is 1. The van der Waals surface area contributed by atoms with Gasteiger partial charge in [-0.05, 0) is 43.7 Å². The van der Waals surface area contributed by atoms with Crippen LogP contribution in [0.5, 0.6) is 0 Å². The molecule has 1 aromatic rings. The Morgan fingerprint density at radius 2 is 2.00 bits per heavy atom. The van der Waals surface area contributed by atoms with E-state index < -0.39 is 0 Å². The van der Waals surface area contributed by atoms with E-state index in [-0.39, 0.29) is 0 Å². The highest BCUT2D eigenvalue weighted by molar-refractivity contribution is 5.78. The molecule has 24 heavy (non-hydrogen) atoms. The van der Waals surface area contributed by atoms with Gasteiger partial charge in [0, 0.05) is 31.6 Å². The predicted octanol–water partition coefficient (Wildman–Crippen LogP) is 2.45. The van der Waals surface area contributed by atoms with Crippen molar-refractivity contribution in [3.63, 3.8) is 0 Å². The second kappa shape index (κ2) is 8.13. The zero-order valence-corrected chi connectivity index (χ0v) is 14.9. The molecule has 2 fully saturated rings. The van der Waals surface area contributed by atoms with Gasteiger partial charge in [-0.3, -0.25) is 9.69 Å². The Morgan fingerprint density at radius 3 is 2.71 bits per heavy atom. The lowest BCUT2D eigenvalue weighted by Gasteiger charge is -2.36. The molecule has 2 aliphatic rings. The second-order valence-corrected chi connectivity index (χ2v) is 7.35. The SMILES string of the molecule is CCC1CCCCN1C(=O)CN1C[C@@H](CN)[C@H](c2ccccc2)C1. The Balaban J connectivity index is 1.62. The van der Waals surface area contributed by atoms with E-state index in [1.165, 1.54) is 18.4 Å². The lowest BCUT2D eigenvalue weighted by Crippen LogP contribution is -2.47. The first-order valence-corrected chi connectivity index (χ1v) is 9.49. The molecular weight excluding hydrogens is 298 g/mol. The molecule has 1 aromatic carbocycles. The number of amides is 1. The number of likely N-dealkylation sites (tertiary alicyclic amines) is 2. The van der Waals surface area contributed by atoms with Gasteiger partial charge in [0.2, 0.25) is 5.91 Å². The van der Waals surface area contributed by atoms with Crippen molar-refractivity contribution in [3.8, 4) is 0 Å². The molecule has 4 nitrogen and oxygen atoms in total. The molecular formula is C20H31N3O. The molecule has 0 saturated carbocycles. The minimum atomic E-state index is 0.311. The Kier molecular flexibility index (Phi) is 5.90. The second-order valence-electron chi connectivity index (χ2n) is 7.35. The predicted molar refractivity (Wildman–Crippen MR) is 97.8 cm³/mol. The summed E-state index contributed by atoms with van der Waals surface area (Å²) in [6, 6.07) is 11.1. The van der Waals surface area contributed by atoms with Crippen LogP contribution >= 0.6 is 0 Å². The van der Waals surface area contributed by atoms with E-state index in [0.29, 0.717) is 36.9 Å². The highest BCUT2D eigenvalue weighted by Gasteiger charge is 2.35. The van der Waals surface area contributed by atoms with Crippen molar-refractivity contribution in [1.82, 2.24) is 9.80 Å². The number of hydrogen-bond donors (Lipinski definition) is 1.